The molecule has 8 nitrogen and oxygen atoms in total. The van der Waals surface area contributed by atoms with Gasteiger partial charge in [-0.05, 0) is 54.4 Å². The number of hydrogen-bond donors (Lipinski definition) is 2. The van der Waals surface area contributed by atoms with Crippen molar-refractivity contribution in [3.63, 3.8) is 0 Å². The van der Waals surface area contributed by atoms with Crippen molar-refractivity contribution in [2.75, 3.05) is 19.8 Å². The van der Waals surface area contributed by atoms with E-state index in [1.54, 1.807) is 0 Å². The highest BCUT2D eigenvalue weighted by molar-refractivity contribution is 7.78. The fourth-order valence-electron chi connectivity index (χ4n) is 2.86. The smallest absolute Gasteiger partial charge is 0.466 e. The van der Waals surface area contributed by atoms with Gasteiger partial charge < -0.3 is 14.5 Å². The van der Waals surface area contributed by atoms with E-state index in [9.17, 15) is 9.36 Å². The summed E-state index contributed by atoms with van der Waals surface area (Å²) in [6.45, 7) is 2.57. The number of isothiocyanates is 1. The number of ether oxygens (including phenoxy) is 1. The third-order valence-electron chi connectivity index (χ3n) is 4.42. The van der Waals surface area contributed by atoms with Crippen LogP contribution in [-0.2, 0) is 25.0 Å². The summed E-state index contributed by atoms with van der Waals surface area (Å²) >= 11 is 4.63. The van der Waals surface area contributed by atoms with Gasteiger partial charge in [0.15, 0.2) is 0 Å². The standard InChI is InChI=1S/C20H25N2O6PS/c1-15(12-21-14-30)17-6-7-19-18(11-17)10-16(13-22-19)4-2-5-20(23)27-8-3-9-28-29(24,25)26/h6-7,10-11,13,15H,2-5,8-9,12H2,1H3,(H2,24,25,26). The molecule has 0 bridgehead atoms. The highest BCUT2D eigenvalue weighted by Gasteiger charge is 2.13. The Balaban J connectivity index is 1.80. The number of hydrogen-bond acceptors (Lipinski definition) is 7. The number of fused-ring (bicyclic) bond motifs is 1. The lowest BCUT2D eigenvalue weighted by Crippen LogP contribution is -2.08. The second-order valence-corrected chi connectivity index (χ2v) is 8.30. The molecule has 1 heterocycles. The lowest BCUT2D eigenvalue weighted by Gasteiger charge is -2.10. The van der Waals surface area contributed by atoms with E-state index >= 15 is 0 Å². The first-order chi connectivity index (χ1) is 14.3. The van der Waals surface area contributed by atoms with Gasteiger partial charge in [-0.15, -0.1) is 0 Å². The van der Waals surface area contributed by atoms with Crippen LogP contribution in [0, 0.1) is 0 Å². The van der Waals surface area contributed by atoms with E-state index in [-0.39, 0.29) is 37.9 Å². The Hall–Kier alpha value is -1.99. The maximum Gasteiger partial charge on any atom is 0.469 e. The molecular formula is C20H25N2O6PS. The van der Waals surface area contributed by atoms with Gasteiger partial charge in [-0.3, -0.25) is 14.3 Å². The quantitative estimate of drug-likeness (QED) is 0.164. The van der Waals surface area contributed by atoms with Crippen molar-refractivity contribution in [2.45, 2.75) is 38.5 Å². The van der Waals surface area contributed by atoms with E-state index in [1.807, 2.05) is 18.3 Å². The highest BCUT2D eigenvalue weighted by Crippen LogP contribution is 2.35. The zero-order chi connectivity index (χ0) is 22.0. The van der Waals surface area contributed by atoms with Crippen molar-refractivity contribution in [3.8, 4) is 0 Å². The molecule has 1 aromatic heterocycles. The Morgan fingerprint density at radius 2 is 2.10 bits per heavy atom. The van der Waals surface area contributed by atoms with Crippen LogP contribution in [0.15, 0.2) is 35.5 Å². The van der Waals surface area contributed by atoms with Crippen molar-refractivity contribution in [3.05, 3.63) is 41.6 Å². The average molecular weight is 452 g/mol. The van der Waals surface area contributed by atoms with Gasteiger partial charge in [0.1, 0.15) is 0 Å². The predicted molar refractivity (Wildman–Crippen MR) is 117 cm³/mol. The molecule has 0 aliphatic rings. The van der Waals surface area contributed by atoms with E-state index < -0.39 is 7.82 Å². The first-order valence-electron chi connectivity index (χ1n) is 9.56. The molecule has 0 fully saturated rings. The molecule has 0 saturated heterocycles. The number of aromatic nitrogens is 1. The number of carbonyl (C=O) groups excluding carboxylic acids is 1. The highest BCUT2D eigenvalue weighted by atomic mass is 32.1. The molecule has 1 atom stereocenters. The number of rotatable bonds is 12. The van der Waals surface area contributed by atoms with Crippen LogP contribution in [0.5, 0.6) is 0 Å². The molecule has 10 heteroatoms. The van der Waals surface area contributed by atoms with Gasteiger partial charge in [-0.2, -0.15) is 0 Å². The number of phosphoric ester groups is 1. The number of esters is 1. The second-order valence-electron chi connectivity index (χ2n) is 6.88. The maximum atomic E-state index is 11.8. The van der Waals surface area contributed by atoms with Crippen LogP contribution in [0.3, 0.4) is 0 Å². The molecule has 0 aliphatic carbocycles. The summed E-state index contributed by atoms with van der Waals surface area (Å²) in [5, 5.41) is 3.43. The SMILES string of the molecule is CC(CN=C=S)c1ccc2ncc(CCCC(=O)OCCCOP(=O)(O)O)cc2c1. The van der Waals surface area contributed by atoms with Gasteiger partial charge in [0.25, 0.3) is 0 Å². The number of pyridine rings is 1. The van der Waals surface area contributed by atoms with Crippen molar-refractivity contribution in [1.29, 1.82) is 0 Å². The molecule has 2 N–H and O–H groups in total. The number of aliphatic imine (C=N–C) groups is 1. The summed E-state index contributed by atoms with van der Waals surface area (Å²) in [4.78, 5) is 37.4. The summed E-state index contributed by atoms with van der Waals surface area (Å²) in [7, 11) is -4.47. The first-order valence-corrected chi connectivity index (χ1v) is 11.5. The van der Waals surface area contributed by atoms with E-state index in [1.165, 1.54) is 0 Å². The number of carbonyl (C=O) groups is 1. The zero-order valence-corrected chi connectivity index (χ0v) is 18.4. The lowest BCUT2D eigenvalue weighted by molar-refractivity contribution is -0.143. The Labute approximate surface area is 180 Å². The number of nitrogens with zero attached hydrogens (tertiary/aromatic N) is 2. The van der Waals surface area contributed by atoms with Crippen LogP contribution >= 0.6 is 20.0 Å². The molecule has 2 rings (SSSR count). The third-order valence-corrected chi connectivity index (χ3v) is 5.07. The topological polar surface area (TPSA) is 118 Å². The normalized spacial score (nSPS) is 12.4. The number of phosphoric acid groups is 1. The number of thiocarbonyl (C=S) groups is 1. The largest absolute Gasteiger partial charge is 0.469 e. The van der Waals surface area contributed by atoms with E-state index in [2.05, 4.69) is 50.9 Å². The Bertz CT molecular complexity index is 957. The number of benzene rings is 1. The van der Waals surface area contributed by atoms with Gasteiger partial charge >= 0.3 is 13.8 Å². The van der Waals surface area contributed by atoms with E-state index in [0.717, 1.165) is 22.0 Å². The lowest BCUT2D eigenvalue weighted by atomic mass is 9.98. The fraction of sp³-hybridized carbons (Fsp3) is 0.450. The molecule has 2 aromatic rings. The van der Waals surface area contributed by atoms with Gasteiger partial charge in [0.05, 0.1) is 30.4 Å². The van der Waals surface area contributed by atoms with Crippen LogP contribution in [0.4, 0.5) is 0 Å². The average Bonchev–Trinajstić information content (AvgIpc) is 2.70. The molecule has 0 amide bonds. The number of aryl methyl sites for hydroxylation is 1. The third kappa shape index (κ3) is 8.79. The molecule has 0 aliphatic heterocycles. The van der Waals surface area contributed by atoms with Crippen molar-refractivity contribution < 1.29 is 28.4 Å². The minimum atomic E-state index is -4.47. The second kappa shape index (κ2) is 12.0. The van der Waals surface area contributed by atoms with Crippen LogP contribution in [-0.4, -0.2) is 45.7 Å². The zero-order valence-electron chi connectivity index (χ0n) is 16.7. The Morgan fingerprint density at radius 1 is 1.30 bits per heavy atom. The predicted octanol–water partition coefficient (Wildman–Crippen LogP) is 3.81. The molecule has 1 aromatic carbocycles. The molecule has 0 radical (unpaired) electrons. The van der Waals surface area contributed by atoms with Gasteiger partial charge in [0.2, 0.25) is 0 Å². The summed E-state index contributed by atoms with van der Waals surface area (Å²) in [6.07, 6.45) is 3.59. The Morgan fingerprint density at radius 3 is 2.83 bits per heavy atom. The summed E-state index contributed by atoms with van der Waals surface area (Å²) < 4.78 is 19.8. The van der Waals surface area contributed by atoms with Gasteiger partial charge in [0, 0.05) is 30.3 Å². The minimum Gasteiger partial charge on any atom is -0.466 e. The molecule has 1 unspecified atom stereocenters. The summed E-state index contributed by atoms with van der Waals surface area (Å²) in [5.74, 6) is -0.120. The van der Waals surface area contributed by atoms with Crippen LogP contribution in [0.1, 0.15) is 43.2 Å². The maximum absolute atomic E-state index is 11.8. The molecular weight excluding hydrogens is 427 g/mol. The summed E-state index contributed by atoms with van der Waals surface area (Å²) in [5.41, 5.74) is 3.10. The van der Waals surface area contributed by atoms with Gasteiger partial charge in [-0.25, -0.2) is 9.56 Å². The Kier molecular flexibility index (Phi) is 9.72. The van der Waals surface area contributed by atoms with Crippen molar-refractivity contribution in [2.24, 2.45) is 4.99 Å². The van der Waals surface area contributed by atoms with Gasteiger partial charge in [-0.1, -0.05) is 13.0 Å². The van der Waals surface area contributed by atoms with Crippen molar-refractivity contribution in [1.82, 2.24) is 4.98 Å². The molecule has 162 valence electrons. The molecule has 0 spiro atoms. The first kappa shape index (κ1) is 24.3. The van der Waals surface area contributed by atoms with Crippen LogP contribution in [0.25, 0.3) is 10.9 Å². The molecule has 0 saturated carbocycles. The van der Waals surface area contributed by atoms with Crippen LogP contribution in [0.2, 0.25) is 0 Å². The minimum absolute atomic E-state index is 0.0601. The van der Waals surface area contributed by atoms with Crippen LogP contribution < -0.4 is 0 Å². The monoisotopic (exact) mass is 452 g/mol. The molecule has 30 heavy (non-hydrogen) atoms. The van der Waals surface area contributed by atoms with Crippen molar-refractivity contribution >= 4 is 42.1 Å². The van der Waals surface area contributed by atoms with E-state index in [4.69, 9.17) is 14.5 Å². The summed E-state index contributed by atoms with van der Waals surface area (Å²) in [6, 6.07) is 8.20. The van der Waals surface area contributed by atoms with E-state index in [0.29, 0.717) is 19.4 Å². The fourth-order valence-corrected chi connectivity index (χ4v) is 3.30.